The van der Waals surface area contributed by atoms with E-state index in [9.17, 15) is 22.4 Å². The number of hydrogen-bond donors (Lipinski definition) is 0. The Bertz CT molecular complexity index is 1200. The predicted molar refractivity (Wildman–Crippen MR) is 108 cm³/mol. The number of aromatic nitrogens is 1. The molecule has 0 aliphatic heterocycles. The largest absolute Gasteiger partial charge is 0.416 e. The van der Waals surface area contributed by atoms with E-state index in [4.69, 9.17) is 0 Å². The van der Waals surface area contributed by atoms with Crippen LogP contribution in [0.25, 0.3) is 10.2 Å². The van der Waals surface area contributed by atoms with Crippen molar-refractivity contribution in [1.29, 1.82) is 0 Å². The standard InChI is InChI=1S/C22H14F4N2OS/c23-17-9-10-18-19(12-17)30-21(27-18)28(13-14-5-2-1-3-6-14)20(29)15-7-4-8-16(11-15)22(24,25)26/h1-12H,13H2. The molecule has 0 saturated carbocycles. The second kappa shape index (κ2) is 7.87. The van der Waals surface area contributed by atoms with Crippen molar-refractivity contribution in [3.05, 3.63) is 95.3 Å². The highest BCUT2D eigenvalue weighted by molar-refractivity contribution is 7.22. The molecule has 152 valence electrons. The SMILES string of the molecule is O=C(c1cccc(C(F)(F)F)c1)N(Cc1ccccc1)c1nc2ccc(F)cc2s1. The summed E-state index contributed by atoms with van der Waals surface area (Å²) in [6, 6.07) is 17.4. The summed E-state index contributed by atoms with van der Waals surface area (Å²) >= 11 is 1.10. The number of nitrogens with zero attached hydrogens (tertiary/aromatic N) is 2. The minimum absolute atomic E-state index is 0.105. The lowest BCUT2D eigenvalue weighted by Gasteiger charge is -2.20. The third-order valence-corrected chi connectivity index (χ3v) is 5.48. The first-order valence-corrected chi connectivity index (χ1v) is 9.72. The minimum Gasteiger partial charge on any atom is -0.279 e. The highest BCUT2D eigenvalue weighted by Crippen LogP contribution is 2.33. The maximum atomic E-state index is 13.6. The second-order valence-electron chi connectivity index (χ2n) is 6.56. The molecule has 8 heteroatoms. The molecule has 0 N–H and O–H groups in total. The molecule has 3 aromatic carbocycles. The summed E-state index contributed by atoms with van der Waals surface area (Å²) < 4.78 is 53.4. The lowest BCUT2D eigenvalue weighted by Crippen LogP contribution is -2.30. The normalized spacial score (nSPS) is 11.6. The summed E-state index contributed by atoms with van der Waals surface area (Å²) in [5.74, 6) is -1.05. The van der Waals surface area contributed by atoms with Gasteiger partial charge in [0.15, 0.2) is 5.13 Å². The van der Waals surface area contributed by atoms with E-state index in [1.165, 1.54) is 35.2 Å². The molecule has 0 unspecified atom stereocenters. The van der Waals surface area contributed by atoms with E-state index in [0.717, 1.165) is 29.0 Å². The highest BCUT2D eigenvalue weighted by atomic mass is 32.1. The van der Waals surface area contributed by atoms with Crippen LogP contribution in [0.15, 0.2) is 72.8 Å². The predicted octanol–water partition coefficient (Wildman–Crippen LogP) is 6.30. The number of hydrogen-bond acceptors (Lipinski definition) is 3. The molecule has 0 bridgehead atoms. The van der Waals surface area contributed by atoms with Crippen molar-refractivity contribution in [1.82, 2.24) is 4.98 Å². The summed E-state index contributed by atoms with van der Waals surface area (Å²) in [6.07, 6.45) is -4.56. The first-order chi connectivity index (χ1) is 14.3. The molecule has 0 aliphatic rings. The summed E-state index contributed by atoms with van der Waals surface area (Å²) in [7, 11) is 0. The summed E-state index contributed by atoms with van der Waals surface area (Å²) in [5, 5.41) is 0.280. The number of carbonyl (C=O) groups is 1. The molecule has 0 radical (unpaired) electrons. The number of alkyl halides is 3. The first kappa shape index (κ1) is 20.0. The van der Waals surface area contributed by atoms with Gasteiger partial charge in [-0.2, -0.15) is 13.2 Å². The quantitative estimate of drug-likeness (QED) is 0.356. The highest BCUT2D eigenvalue weighted by Gasteiger charge is 2.32. The Kier molecular flexibility index (Phi) is 5.26. The van der Waals surface area contributed by atoms with E-state index in [0.29, 0.717) is 10.2 Å². The monoisotopic (exact) mass is 430 g/mol. The molecule has 0 spiro atoms. The van der Waals surface area contributed by atoms with Crippen molar-refractivity contribution in [3.63, 3.8) is 0 Å². The van der Waals surface area contributed by atoms with Crippen LogP contribution in [0, 0.1) is 5.82 Å². The number of amides is 1. The van der Waals surface area contributed by atoms with Crippen molar-refractivity contribution in [2.75, 3.05) is 4.90 Å². The zero-order valence-electron chi connectivity index (χ0n) is 15.4. The van der Waals surface area contributed by atoms with Gasteiger partial charge < -0.3 is 0 Å². The van der Waals surface area contributed by atoms with Crippen molar-refractivity contribution in [3.8, 4) is 0 Å². The molecule has 0 atom stereocenters. The smallest absolute Gasteiger partial charge is 0.279 e. The molecule has 4 aromatic rings. The number of anilines is 1. The zero-order chi connectivity index (χ0) is 21.3. The van der Waals surface area contributed by atoms with Crippen LogP contribution in [-0.2, 0) is 12.7 Å². The van der Waals surface area contributed by atoms with Crippen LogP contribution in [0.4, 0.5) is 22.7 Å². The van der Waals surface area contributed by atoms with E-state index in [1.807, 2.05) is 6.07 Å². The average Bonchev–Trinajstić information content (AvgIpc) is 3.14. The number of thiazole rings is 1. The molecule has 4 rings (SSSR count). The van der Waals surface area contributed by atoms with E-state index < -0.39 is 23.5 Å². The Labute approximate surface area is 173 Å². The fourth-order valence-electron chi connectivity index (χ4n) is 2.98. The van der Waals surface area contributed by atoms with Gasteiger partial charge in [-0.3, -0.25) is 9.69 Å². The molecule has 1 heterocycles. The Morgan fingerprint density at radius 3 is 2.47 bits per heavy atom. The van der Waals surface area contributed by atoms with Crippen molar-refractivity contribution in [2.24, 2.45) is 0 Å². The van der Waals surface area contributed by atoms with Gasteiger partial charge in [0.25, 0.3) is 5.91 Å². The van der Waals surface area contributed by atoms with Gasteiger partial charge in [-0.25, -0.2) is 9.37 Å². The number of fused-ring (bicyclic) bond motifs is 1. The van der Waals surface area contributed by atoms with Gasteiger partial charge >= 0.3 is 6.18 Å². The fourth-order valence-corrected chi connectivity index (χ4v) is 3.97. The van der Waals surface area contributed by atoms with E-state index in [2.05, 4.69) is 4.98 Å². The lowest BCUT2D eigenvalue weighted by molar-refractivity contribution is -0.137. The average molecular weight is 430 g/mol. The minimum atomic E-state index is -4.56. The molecule has 0 saturated heterocycles. The molecular formula is C22H14F4N2OS. The van der Waals surface area contributed by atoms with Crippen LogP contribution in [-0.4, -0.2) is 10.9 Å². The van der Waals surface area contributed by atoms with Gasteiger partial charge in [0.05, 0.1) is 22.3 Å². The van der Waals surface area contributed by atoms with Crippen LogP contribution < -0.4 is 4.90 Å². The molecule has 1 aromatic heterocycles. The Hall–Kier alpha value is -3.26. The van der Waals surface area contributed by atoms with Crippen LogP contribution in [0.3, 0.4) is 0 Å². The molecule has 30 heavy (non-hydrogen) atoms. The van der Waals surface area contributed by atoms with E-state index in [-0.39, 0.29) is 17.2 Å². The Morgan fingerprint density at radius 2 is 1.73 bits per heavy atom. The Morgan fingerprint density at radius 1 is 0.967 bits per heavy atom. The van der Waals surface area contributed by atoms with Crippen LogP contribution in [0.5, 0.6) is 0 Å². The molecule has 0 aliphatic carbocycles. The number of benzene rings is 3. The molecule has 1 amide bonds. The van der Waals surface area contributed by atoms with Crippen molar-refractivity contribution < 1.29 is 22.4 Å². The third kappa shape index (κ3) is 4.18. The van der Waals surface area contributed by atoms with Crippen LogP contribution in [0.2, 0.25) is 0 Å². The molecule has 3 nitrogen and oxygen atoms in total. The lowest BCUT2D eigenvalue weighted by atomic mass is 10.1. The first-order valence-electron chi connectivity index (χ1n) is 8.90. The van der Waals surface area contributed by atoms with Gasteiger partial charge in [0.1, 0.15) is 5.82 Å². The maximum absolute atomic E-state index is 13.6. The van der Waals surface area contributed by atoms with Gasteiger partial charge in [0, 0.05) is 5.56 Å². The van der Waals surface area contributed by atoms with Gasteiger partial charge in [-0.1, -0.05) is 47.7 Å². The third-order valence-electron chi connectivity index (χ3n) is 4.44. The van der Waals surface area contributed by atoms with Crippen LogP contribution >= 0.6 is 11.3 Å². The fraction of sp³-hybridized carbons (Fsp3) is 0.0909. The van der Waals surface area contributed by atoms with Crippen molar-refractivity contribution in [2.45, 2.75) is 12.7 Å². The maximum Gasteiger partial charge on any atom is 0.416 e. The molecule has 0 fully saturated rings. The van der Waals surface area contributed by atoms with Crippen LogP contribution in [0.1, 0.15) is 21.5 Å². The Balaban J connectivity index is 1.77. The number of carbonyl (C=O) groups excluding carboxylic acids is 1. The number of rotatable bonds is 4. The molecular weight excluding hydrogens is 416 g/mol. The van der Waals surface area contributed by atoms with Gasteiger partial charge in [-0.15, -0.1) is 0 Å². The van der Waals surface area contributed by atoms with Crippen molar-refractivity contribution >= 4 is 32.6 Å². The van der Waals surface area contributed by atoms with Gasteiger partial charge in [-0.05, 0) is 42.0 Å². The summed E-state index contributed by atoms with van der Waals surface area (Å²) in [4.78, 5) is 18.9. The topological polar surface area (TPSA) is 33.2 Å². The zero-order valence-corrected chi connectivity index (χ0v) is 16.2. The summed E-state index contributed by atoms with van der Waals surface area (Å²) in [5.41, 5.74) is 0.278. The van der Waals surface area contributed by atoms with E-state index in [1.54, 1.807) is 24.3 Å². The van der Waals surface area contributed by atoms with E-state index >= 15 is 0 Å². The number of halogens is 4. The van der Waals surface area contributed by atoms with Gasteiger partial charge in [0.2, 0.25) is 0 Å². The second-order valence-corrected chi connectivity index (χ2v) is 7.57. The summed E-state index contributed by atoms with van der Waals surface area (Å²) in [6.45, 7) is 0.109.